The van der Waals surface area contributed by atoms with Gasteiger partial charge in [0.25, 0.3) is 0 Å². The van der Waals surface area contributed by atoms with E-state index in [0.29, 0.717) is 6.54 Å². The summed E-state index contributed by atoms with van der Waals surface area (Å²) >= 11 is 0. The van der Waals surface area contributed by atoms with Crippen LogP contribution in [0.5, 0.6) is 0 Å². The predicted molar refractivity (Wildman–Crippen MR) is 55.6 cm³/mol. The number of aromatic amines is 1. The third-order valence-corrected chi connectivity index (χ3v) is 2.46. The molecule has 0 saturated heterocycles. The Kier molecular flexibility index (Phi) is 2.07. The Balaban J connectivity index is 2.73. The molecule has 2 heteroatoms. The normalized spacial score (nSPS) is 10.9. The monoisotopic (exact) mass is 174 g/mol. The van der Waals surface area contributed by atoms with Crippen LogP contribution in [-0.2, 0) is 13.0 Å². The van der Waals surface area contributed by atoms with Crippen LogP contribution >= 0.6 is 0 Å². The lowest BCUT2D eigenvalue weighted by Gasteiger charge is -1.96. The highest BCUT2D eigenvalue weighted by Crippen LogP contribution is 2.21. The van der Waals surface area contributed by atoms with E-state index in [0.717, 1.165) is 6.42 Å². The molecule has 2 rings (SSSR count). The fourth-order valence-electron chi connectivity index (χ4n) is 1.79. The Morgan fingerprint density at radius 1 is 1.31 bits per heavy atom. The van der Waals surface area contributed by atoms with E-state index < -0.39 is 0 Å². The number of H-pyrrole nitrogens is 1. The first-order valence-electron chi connectivity index (χ1n) is 4.65. The van der Waals surface area contributed by atoms with Crippen LogP contribution in [0.4, 0.5) is 0 Å². The molecule has 1 heterocycles. The van der Waals surface area contributed by atoms with Gasteiger partial charge in [-0.05, 0) is 18.1 Å². The van der Waals surface area contributed by atoms with Crippen molar-refractivity contribution < 1.29 is 0 Å². The molecule has 0 unspecified atom stereocenters. The van der Waals surface area contributed by atoms with Crippen molar-refractivity contribution in [2.75, 3.05) is 0 Å². The van der Waals surface area contributed by atoms with Gasteiger partial charge >= 0.3 is 0 Å². The summed E-state index contributed by atoms with van der Waals surface area (Å²) in [6, 6.07) is 8.30. The van der Waals surface area contributed by atoms with E-state index >= 15 is 0 Å². The fraction of sp³-hybridized carbons (Fsp3) is 0.273. The predicted octanol–water partition coefficient (Wildman–Crippen LogP) is 2.19. The first kappa shape index (κ1) is 8.32. The Morgan fingerprint density at radius 3 is 2.77 bits per heavy atom. The van der Waals surface area contributed by atoms with Gasteiger partial charge in [-0.1, -0.05) is 25.1 Å². The number of hydrogen-bond donors (Lipinski definition) is 2. The lowest BCUT2D eigenvalue weighted by atomic mass is 10.1. The number of fused-ring (bicyclic) bond motifs is 1. The van der Waals surface area contributed by atoms with Gasteiger partial charge in [0.1, 0.15) is 0 Å². The third kappa shape index (κ3) is 1.23. The molecule has 0 spiro atoms. The second kappa shape index (κ2) is 3.23. The average molecular weight is 174 g/mol. The highest BCUT2D eigenvalue weighted by atomic mass is 14.7. The molecule has 2 aromatic rings. The van der Waals surface area contributed by atoms with Crippen molar-refractivity contribution in [1.29, 1.82) is 0 Å². The summed E-state index contributed by atoms with van der Waals surface area (Å²) in [5.41, 5.74) is 9.44. The van der Waals surface area contributed by atoms with Crippen LogP contribution in [0.2, 0.25) is 0 Å². The van der Waals surface area contributed by atoms with Crippen molar-refractivity contribution in [3.63, 3.8) is 0 Å². The number of rotatable bonds is 2. The topological polar surface area (TPSA) is 41.8 Å². The molecule has 0 fully saturated rings. The molecule has 1 aromatic heterocycles. The second-order valence-corrected chi connectivity index (χ2v) is 3.19. The zero-order valence-electron chi connectivity index (χ0n) is 7.80. The fourth-order valence-corrected chi connectivity index (χ4v) is 1.79. The summed E-state index contributed by atoms with van der Waals surface area (Å²) in [6.45, 7) is 2.76. The van der Waals surface area contributed by atoms with Crippen LogP contribution in [-0.4, -0.2) is 4.98 Å². The van der Waals surface area contributed by atoms with Crippen LogP contribution in [0.15, 0.2) is 24.3 Å². The molecular weight excluding hydrogens is 160 g/mol. The zero-order chi connectivity index (χ0) is 9.26. The van der Waals surface area contributed by atoms with Gasteiger partial charge in [0.15, 0.2) is 0 Å². The largest absolute Gasteiger partial charge is 0.358 e. The van der Waals surface area contributed by atoms with E-state index in [-0.39, 0.29) is 0 Å². The molecule has 0 aliphatic rings. The molecule has 0 aliphatic carbocycles. The van der Waals surface area contributed by atoms with Crippen molar-refractivity contribution >= 4 is 10.9 Å². The maximum Gasteiger partial charge on any atom is 0.0459 e. The number of aromatic nitrogens is 1. The van der Waals surface area contributed by atoms with Gasteiger partial charge in [-0.2, -0.15) is 0 Å². The summed E-state index contributed by atoms with van der Waals surface area (Å²) in [7, 11) is 0. The lowest BCUT2D eigenvalue weighted by Crippen LogP contribution is -1.98. The average Bonchev–Trinajstić information content (AvgIpc) is 2.55. The molecule has 0 atom stereocenters. The molecule has 0 radical (unpaired) electrons. The van der Waals surface area contributed by atoms with E-state index in [4.69, 9.17) is 5.73 Å². The highest BCUT2D eigenvalue weighted by molar-refractivity contribution is 5.84. The van der Waals surface area contributed by atoms with Gasteiger partial charge in [-0.25, -0.2) is 0 Å². The minimum atomic E-state index is 0.618. The SMILES string of the molecule is CCc1[nH]c2ccccc2c1CN. The smallest absolute Gasteiger partial charge is 0.0459 e. The molecule has 0 bridgehead atoms. The summed E-state index contributed by atoms with van der Waals surface area (Å²) in [5, 5.41) is 1.27. The number of benzene rings is 1. The standard InChI is InChI=1S/C11H14N2/c1-2-10-9(7-12)8-5-3-4-6-11(8)13-10/h3-6,13H,2,7,12H2,1H3. The molecule has 13 heavy (non-hydrogen) atoms. The molecule has 2 nitrogen and oxygen atoms in total. The maximum atomic E-state index is 5.72. The number of hydrogen-bond acceptors (Lipinski definition) is 1. The van der Waals surface area contributed by atoms with Crippen LogP contribution in [0.3, 0.4) is 0 Å². The third-order valence-electron chi connectivity index (χ3n) is 2.46. The van der Waals surface area contributed by atoms with Gasteiger partial charge < -0.3 is 10.7 Å². The first-order chi connectivity index (χ1) is 6.36. The minimum absolute atomic E-state index is 0.618. The van der Waals surface area contributed by atoms with Crippen molar-refractivity contribution in [3.05, 3.63) is 35.5 Å². The Labute approximate surface area is 77.8 Å². The van der Waals surface area contributed by atoms with Crippen molar-refractivity contribution in [2.24, 2.45) is 5.73 Å². The summed E-state index contributed by atoms with van der Waals surface area (Å²) < 4.78 is 0. The molecule has 0 amide bonds. The van der Waals surface area contributed by atoms with Crippen molar-refractivity contribution in [1.82, 2.24) is 4.98 Å². The first-order valence-corrected chi connectivity index (χ1v) is 4.65. The van der Waals surface area contributed by atoms with Crippen LogP contribution in [0.1, 0.15) is 18.2 Å². The van der Waals surface area contributed by atoms with Gasteiger partial charge in [0, 0.05) is 23.1 Å². The molecular formula is C11H14N2. The van der Waals surface area contributed by atoms with E-state index in [1.807, 2.05) is 6.07 Å². The van der Waals surface area contributed by atoms with Gasteiger partial charge in [0.2, 0.25) is 0 Å². The van der Waals surface area contributed by atoms with Crippen LogP contribution < -0.4 is 5.73 Å². The number of aryl methyl sites for hydroxylation is 1. The van der Waals surface area contributed by atoms with E-state index in [9.17, 15) is 0 Å². The van der Waals surface area contributed by atoms with Gasteiger partial charge in [-0.3, -0.25) is 0 Å². The highest BCUT2D eigenvalue weighted by Gasteiger charge is 2.06. The van der Waals surface area contributed by atoms with Crippen molar-refractivity contribution in [3.8, 4) is 0 Å². The Hall–Kier alpha value is -1.28. The minimum Gasteiger partial charge on any atom is -0.358 e. The number of nitrogens with one attached hydrogen (secondary N) is 1. The number of nitrogens with two attached hydrogens (primary N) is 1. The lowest BCUT2D eigenvalue weighted by molar-refractivity contribution is 0.987. The van der Waals surface area contributed by atoms with E-state index in [1.54, 1.807) is 0 Å². The van der Waals surface area contributed by atoms with Crippen LogP contribution in [0.25, 0.3) is 10.9 Å². The molecule has 0 aliphatic heterocycles. The summed E-state index contributed by atoms with van der Waals surface area (Å²) in [4.78, 5) is 3.38. The number of para-hydroxylation sites is 1. The quantitative estimate of drug-likeness (QED) is 0.720. The summed E-state index contributed by atoms with van der Waals surface area (Å²) in [6.07, 6.45) is 1.02. The van der Waals surface area contributed by atoms with Crippen molar-refractivity contribution in [2.45, 2.75) is 19.9 Å². The van der Waals surface area contributed by atoms with Gasteiger partial charge in [0.05, 0.1) is 0 Å². The Morgan fingerprint density at radius 2 is 2.08 bits per heavy atom. The second-order valence-electron chi connectivity index (χ2n) is 3.19. The summed E-state index contributed by atoms with van der Waals surface area (Å²) in [5.74, 6) is 0. The zero-order valence-corrected chi connectivity index (χ0v) is 7.80. The molecule has 0 saturated carbocycles. The van der Waals surface area contributed by atoms with Crippen LogP contribution in [0, 0.1) is 0 Å². The molecule has 68 valence electrons. The van der Waals surface area contributed by atoms with Gasteiger partial charge in [-0.15, -0.1) is 0 Å². The molecule has 1 aromatic carbocycles. The van der Waals surface area contributed by atoms with E-state index in [1.165, 1.54) is 22.2 Å². The molecule has 3 N–H and O–H groups in total. The Bertz CT molecular complexity index is 415. The maximum absolute atomic E-state index is 5.72. The van der Waals surface area contributed by atoms with E-state index in [2.05, 4.69) is 30.1 Å².